The number of pyridine rings is 1. The number of hydrogen-bond donors (Lipinski definition) is 1. The highest BCUT2D eigenvalue weighted by molar-refractivity contribution is 5.70. The molecule has 0 saturated heterocycles. The summed E-state index contributed by atoms with van der Waals surface area (Å²) in [5.41, 5.74) is 7.83. The van der Waals surface area contributed by atoms with Gasteiger partial charge >= 0.3 is 0 Å². The minimum Gasteiger partial charge on any atom is -0.388 e. The molecule has 4 nitrogen and oxygen atoms in total. The molecule has 1 N–H and O–H groups in total. The molecule has 3 aromatic rings. The van der Waals surface area contributed by atoms with E-state index in [1.807, 2.05) is 19.4 Å². The lowest BCUT2D eigenvalue weighted by Gasteiger charge is -2.20. The fourth-order valence-corrected chi connectivity index (χ4v) is 4.13. The van der Waals surface area contributed by atoms with Crippen LogP contribution in [-0.4, -0.2) is 19.6 Å². The number of aliphatic hydroxyl groups excluding tert-OH is 1. The van der Waals surface area contributed by atoms with E-state index in [1.54, 1.807) is 0 Å². The average molecular weight is 303 g/mol. The van der Waals surface area contributed by atoms with E-state index in [9.17, 15) is 5.11 Å². The van der Waals surface area contributed by atoms with Gasteiger partial charge in [-0.2, -0.15) is 0 Å². The Morgan fingerprint density at radius 1 is 1.26 bits per heavy atom. The standard InChI is InChI=1S/C19H17N3O/c1-11-8-12-6-7-16(23)17(12)18(21-11)19-14-5-3-2-4-13(14)15-9-20-10-22(15)19/h2-5,8-10,16,19,23H,6-7H2,1H3/t16?,19-/m0/s1. The molecule has 1 aromatic carbocycles. The van der Waals surface area contributed by atoms with Gasteiger partial charge in [0, 0.05) is 16.8 Å². The van der Waals surface area contributed by atoms with Gasteiger partial charge in [-0.15, -0.1) is 0 Å². The molecule has 2 atom stereocenters. The second-order valence-electron chi connectivity index (χ2n) is 6.45. The largest absolute Gasteiger partial charge is 0.388 e. The maximum Gasteiger partial charge on any atom is 0.103 e. The van der Waals surface area contributed by atoms with Crippen LogP contribution in [0.3, 0.4) is 0 Å². The molecule has 2 aliphatic rings. The number of imidazole rings is 1. The summed E-state index contributed by atoms with van der Waals surface area (Å²) in [7, 11) is 0. The highest BCUT2D eigenvalue weighted by atomic mass is 16.3. The number of aromatic nitrogens is 3. The van der Waals surface area contributed by atoms with Crippen LogP contribution in [0, 0.1) is 6.92 Å². The van der Waals surface area contributed by atoms with Gasteiger partial charge in [-0.3, -0.25) is 4.98 Å². The lowest BCUT2D eigenvalue weighted by Crippen LogP contribution is -2.14. The van der Waals surface area contributed by atoms with Crippen LogP contribution in [0.15, 0.2) is 42.9 Å². The van der Waals surface area contributed by atoms with Crippen LogP contribution in [0.5, 0.6) is 0 Å². The lowest BCUT2D eigenvalue weighted by molar-refractivity contribution is 0.178. The van der Waals surface area contributed by atoms with Crippen molar-refractivity contribution in [1.82, 2.24) is 14.5 Å². The first kappa shape index (κ1) is 13.0. The summed E-state index contributed by atoms with van der Waals surface area (Å²) < 4.78 is 2.18. The van der Waals surface area contributed by atoms with E-state index in [0.717, 1.165) is 35.5 Å². The first-order valence-electron chi connectivity index (χ1n) is 8.03. The minimum atomic E-state index is -0.409. The van der Waals surface area contributed by atoms with Crippen LogP contribution in [0.1, 0.15) is 46.6 Å². The zero-order valence-electron chi connectivity index (χ0n) is 12.9. The molecule has 1 aliphatic carbocycles. The first-order chi connectivity index (χ1) is 11.2. The molecule has 0 radical (unpaired) electrons. The fraction of sp³-hybridized carbons (Fsp3) is 0.263. The smallest absolute Gasteiger partial charge is 0.103 e. The van der Waals surface area contributed by atoms with E-state index in [-0.39, 0.29) is 6.04 Å². The number of rotatable bonds is 1. The van der Waals surface area contributed by atoms with Crippen LogP contribution in [-0.2, 0) is 6.42 Å². The van der Waals surface area contributed by atoms with Gasteiger partial charge < -0.3 is 9.67 Å². The van der Waals surface area contributed by atoms with Gasteiger partial charge in [-0.25, -0.2) is 4.98 Å². The van der Waals surface area contributed by atoms with Crippen LogP contribution in [0.2, 0.25) is 0 Å². The van der Waals surface area contributed by atoms with E-state index in [0.29, 0.717) is 0 Å². The molecule has 3 heterocycles. The SMILES string of the molecule is Cc1cc2c(c([C@@H]3c4ccccc4-c4cncn43)n1)C(O)CC2. The third-order valence-corrected chi connectivity index (χ3v) is 5.06. The van der Waals surface area contributed by atoms with Crippen molar-refractivity contribution >= 4 is 0 Å². The maximum absolute atomic E-state index is 10.5. The van der Waals surface area contributed by atoms with E-state index in [2.05, 4.69) is 39.9 Å². The predicted octanol–water partition coefficient (Wildman–Crippen LogP) is 3.18. The van der Waals surface area contributed by atoms with Crippen molar-refractivity contribution in [3.8, 4) is 11.3 Å². The van der Waals surface area contributed by atoms with Crippen molar-refractivity contribution in [2.24, 2.45) is 0 Å². The minimum absolute atomic E-state index is 0.00472. The van der Waals surface area contributed by atoms with E-state index in [1.165, 1.54) is 16.7 Å². The molecule has 5 rings (SSSR count). The number of aliphatic hydroxyl groups is 1. The van der Waals surface area contributed by atoms with Crippen molar-refractivity contribution in [1.29, 1.82) is 0 Å². The van der Waals surface area contributed by atoms with Gasteiger partial charge in [-0.1, -0.05) is 24.3 Å². The number of nitrogens with zero attached hydrogens (tertiary/aromatic N) is 3. The molecule has 1 aliphatic heterocycles. The summed E-state index contributed by atoms with van der Waals surface area (Å²) in [6.07, 6.45) is 5.09. The van der Waals surface area contributed by atoms with Gasteiger partial charge in [0.1, 0.15) is 6.04 Å². The molecular formula is C19H17N3O. The summed E-state index contributed by atoms with van der Waals surface area (Å²) in [5.74, 6) is 0. The van der Waals surface area contributed by atoms with E-state index >= 15 is 0 Å². The Morgan fingerprint density at radius 3 is 3.04 bits per heavy atom. The highest BCUT2D eigenvalue weighted by Crippen LogP contribution is 2.46. The molecule has 23 heavy (non-hydrogen) atoms. The van der Waals surface area contributed by atoms with Gasteiger partial charge in [0.05, 0.1) is 30.0 Å². The Kier molecular flexibility index (Phi) is 2.56. The average Bonchev–Trinajstić information content (AvgIpc) is 3.21. The summed E-state index contributed by atoms with van der Waals surface area (Å²) in [5, 5.41) is 10.5. The van der Waals surface area contributed by atoms with Gasteiger partial charge in [-0.05, 0) is 37.0 Å². The number of aryl methyl sites for hydroxylation is 2. The van der Waals surface area contributed by atoms with Crippen molar-refractivity contribution in [3.05, 3.63) is 70.9 Å². The molecule has 0 fully saturated rings. The molecule has 114 valence electrons. The topological polar surface area (TPSA) is 50.9 Å². The Bertz CT molecular complexity index is 928. The van der Waals surface area contributed by atoms with E-state index < -0.39 is 6.10 Å². The van der Waals surface area contributed by atoms with Crippen molar-refractivity contribution < 1.29 is 5.11 Å². The zero-order valence-corrected chi connectivity index (χ0v) is 12.9. The van der Waals surface area contributed by atoms with Crippen LogP contribution < -0.4 is 0 Å². The third-order valence-electron chi connectivity index (χ3n) is 5.06. The molecule has 0 amide bonds. The zero-order chi connectivity index (χ0) is 15.6. The second kappa shape index (κ2) is 4.52. The quantitative estimate of drug-likeness (QED) is 0.587. The van der Waals surface area contributed by atoms with Gasteiger partial charge in [0.2, 0.25) is 0 Å². The third kappa shape index (κ3) is 1.70. The first-order valence-corrected chi connectivity index (χ1v) is 8.03. The second-order valence-corrected chi connectivity index (χ2v) is 6.45. The highest BCUT2D eigenvalue weighted by Gasteiger charge is 2.35. The summed E-state index contributed by atoms with van der Waals surface area (Å²) in [6.45, 7) is 2.03. The molecular weight excluding hydrogens is 286 g/mol. The molecule has 0 bridgehead atoms. The summed E-state index contributed by atoms with van der Waals surface area (Å²) in [4.78, 5) is 9.17. The Labute approximate surface area is 134 Å². The molecule has 4 heteroatoms. The lowest BCUT2D eigenvalue weighted by atomic mass is 9.95. The molecule has 2 aromatic heterocycles. The Morgan fingerprint density at radius 2 is 2.13 bits per heavy atom. The van der Waals surface area contributed by atoms with Crippen LogP contribution in [0.25, 0.3) is 11.3 Å². The number of hydrogen-bond acceptors (Lipinski definition) is 3. The molecule has 1 unspecified atom stereocenters. The van der Waals surface area contributed by atoms with Crippen molar-refractivity contribution in [3.63, 3.8) is 0 Å². The molecule has 0 spiro atoms. The molecule has 0 saturated carbocycles. The predicted molar refractivity (Wildman–Crippen MR) is 87.2 cm³/mol. The summed E-state index contributed by atoms with van der Waals surface area (Å²) in [6, 6.07) is 10.5. The maximum atomic E-state index is 10.5. The van der Waals surface area contributed by atoms with Crippen LogP contribution >= 0.6 is 0 Å². The normalized spacial score (nSPS) is 21.1. The summed E-state index contributed by atoms with van der Waals surface area (Å²) >= 11 is 0. The number of benzene rings is 1. The van der Waals surface area contributed by atoms with Crippen molar-refractivity contribution in [2.45, 2.75) is 31.9 Å². The van der Waals surface area contributed by atoms with E-state index in [4.69, 9.17) is 4.98 Å². The van der Waals surface area contributed by atoms with Crippen LogP contribution in [0.4, 0.5) is 0 Å². The fourth-order valence-electron chi connectivity index (χ4n) is 4.13. The van der Waals surface area contributed by atoms with Gasteiger partial charge in [0.15, 0.2) is 0 Å². The van der Waals surface area contributed by atoms with Gasteiger partial charge in [0.25, 0.3) is 0 Å². The number of fused-ring (bicyclic) bond motifs is 4. The van der Waals surface area contributed by atoms with Crippen molar-refractivity contribution in [2.75, 3.05) is 0 Å². The Balaban J connectivity index is 1.82. The monoisotopic (exact) mass is 303 g/mol. The Hall–Kier alpha value is -2.46.